The summed E-state index contributed by atoms with van der Waals surface area (Å²) in [6, 6.07) is 3.29. The molecule has 0 aliphatic heterocycles. The maximum absolute atomic E-state index is 8.62. The number of nitrogens with one attached hydrogen (secondary N) is 1. The zero-order valence-corrected chi connectivity index (χ0v) is 11.5. The van der Waals surface area contributed by atoms with Crippen LogP contribution >= 0.6 is 0 Å². The number of hydrogen-bond acceptors (Lipinski definition) is 3. The summed E-state index contributed by atoms with van der Waals surface area (Å²) in [6.45, 7) is 14.0. The van der Waals surface area contributed by atoms with Gasteiger partial charge < -0.3 is 5.32 Å². The Kier molecular flexibility index (Phi) is 8.23. The molecule has 3 heteroatoms. The number of rotatable bonds is 8. The fraction of sp³-hybridized carbons (Fsp3) is 0.923. The highest BCUT2D eigenvalue weighted by Gasteiger charge is 2.13. The maximum atomic E-state index is 8.62. The van der Waals surface area contributed by atoms with Crippen molar-refractivity contribution in [2.45, 2.75) is 53.1 Å². The monoisotopic (exact) mass is 225 g/mol. The van der Waals surface area contributed by atoms with E-state index < -0.39 is 0 Å². The summed E-state index contributed by atoms with van der Waals surface area (Å²) < 4.78 is 0. The highest BCUT2D eigenvalue weighted by molar-refractivity contribution is 4.75. The van der Waals surface area contributed by atoms with Gasteiger partial charge in [-0.2, -0.15) is 5.26 Å². The average molecular weight is 225 g/mol. The van der Waals surface area contributed by atoms with E-state index in [-0.39, 0.29) is 0 Å². The zero-order valence-electron chi connectivity index (χ0n) is 11.5. The number of hydrogen-bond donors (Lipinski definition) is 1. The van der Waals surface area contributed by atoms with Crippen molar-refractivity contribution in [1.82, 2.24) is 10.2 Å². The van der Waals surface area contributed by atoms with Gasteiger partial charge in [0.15, 0.2) is 0 Å². The zero-order chi connectivity index (χ0) is 12.6. The molecule has 0 amide bonds. The summed E-state index contributed by atoms with van der Waals surface area (Å²) in [6.07, 6.45) is 0.627. The first kappa shape index (κ1) is 15.4. The topological polar surface area (TPSA) is 39.1 Å². The minimum absolute atomic E-state index is 0.523. The molecule has 1 atom stereocenters. The molecule has 3 nitrogen and oxygen atoms in total. The molecule has 94 valence electrons. The molecule has 0 aliphatic rings. The van der Waals surface area contributed by atoms with E-state index in [0.29, 0.717) is 24.4 Å². The molecule has 0 fully saturated rings. The van der Waals surface area contributed by atoms with Gasteiger partial charge in [0.25, 0.3) is 0 Å². The Morgan fingerprint density at radius 2 is 1.81 bits per heavy atom. The molecule has 0 spiro atoms. The lowest BCUT2D eigenvalue weighted by Crippen LogP contribution is -2.39. The van der Waals surface area contributed by atoms with Crippen molar-refractivity contribution in [3.63, 3.8) is 0 Å². The summed E-state index contributed by atoms with van der Waals surface area (Å²) in [5.74, 6) is 0.628. The van der Waals surface area contributed by atoms with E-state index >= 15 is 0 Å². The van der Waals surface area contributed by atoms with Crippen molar-refractivity contribution in [3.8, 4) is 6.07 Å². The molecule has 0 saturated carbocycles. The molecule has 1 unspecified atom stereocenters. The largest absolute Gasteiger partial charge is 0.314 e. The van der Waals surface area contributed by atoms with Crippen LogP contribution < -0.4 is 5.32 Å². The van der Waals surface area contributed by atoms with E-state index in [1.54, 1.807) is 0 Å². The van der Waals surface area contributed by atoms with Crippen molar-refractivity contribution in [2.24, 2.45) is 5.92 Å². The lowest BCUT2D eigenvalue weighted by atomic mass is 10.1. The lowest BCUT2D eigenvalue weighted by Gasteiger charge is -2.29. The molecule has 0 bridgehead atoms. The summed E-state index contributed by atoms with van der Waals surface area (Å²) in [4.78, 5) is 2.38. The molecule has 0 aromatic carbocycles. The molecule has 0 rings (SSSR count). The van der Waals surface area contributed by atoms with Crippen LogP contribution in [0.4, 0.5) is 0 Å². The van der Waals surface area contributed by atoms with E-state index in [2.05, 4.69) is 50.9 Å². The van der Waals surface area contributed by atoms with Crippen LogP contribution in [0, 0.1) is 17.2 Å². The Labute approximate surface area is 101 Å². The quantitative estimate of drug-likeness (QED) is 0.688. The van der Waals surface area contributed by atoms with Crippen molar-refractivity contribution in [1.29, 1.82) is 5.26 Å². The van der Waals surface area contributed by atoms with Gasteiger partial charge in [0.1, 0.15) is 0 Å². The molecule has 1 N–H and O–H groups in total. The molecular formula is C13H27N3. The van der Waals surface area contributed by atoms with Gasteiger partial charge in [-0.05, 0) is 26.3 Å². The molecule has 0 aromatic rings. The van der Waals surface area contributed by atoms with Gasteiger partial charge in [-0.25, -0.2) is 0 Å². The molecule has 16 heavy (non-hydrogen) atoms. The van der Waals surface area contributed by atoms with Crippen LogP contribution in [0.2, 0.25) is 0 Å². The second kappa shape index (κ2) is 8.55. The van der Waals surface area contributed by atoms with Crippen LogP contribution in [-0.2, 0) is 0 Å². The van der Waals surface area contributed by atoms with Crippen LogP contribution in [0.3, 0.4) is 0 Å². The lowest BCUT2D eigenvalue weighted by molar-refractivity contribution is 0.193. The van der Waals surface area contributed by atoms with Crippen LogP contribution in [0.5, 0.6) is 0 Å². The van der Waals surface area contributed by atoms with E-state index in [9.17, 15) is 0 Å². The van der Waals surface area contributed by atoms with Crippen molar-refractivity contribution in [3.05, 3.63) is 0 Å². The first-order chi connectivity index (χ1) is 7.47. The third kappa shape index (κ3) is 7.67. The minimum Gasteiger partial charge on any atom is -0.314 e. The summed E-state index contributed by atoms with van der Waals surface area (Å²) >= 11 is 0. The van der Waals surface area contributed by atoms with Gasteiger partial charge in [0, 0.05) is 31.6 Å². The van der Waals surface area contributed by atoms with Gasteiger partial charge in [0.2, 0.25) is 0 Å². The van der Waals surface area contributed by atoms with Gasteiger partial charge >= 0.3 is 0 Å². The third-order valence-electron chi connectivity index (χ3n) is 2.66. The fourth-order valence-electron chi connectivity index (χ4n) is 1.66. The number of nitriles is 1. The van der Waals surface area contributed by atoms with E-state index in [1.807, 2.05) is 0 Å². The Morgan fingerprint density at radius 1 is 1.19 bits per heavy atom. The Balaban J connectivity index is 3.93. The summed E-state index contributed by atoms with van der Waals surface area (Å²) in [5, 5.41) is 12.1. The molecule has 0 radical (unpaired) electrons. The maximum Gasteiger partial charge on any atom is 0.0635 e. The Bertz CT molecular complexity index is 206. The average Bonchev–Trinajstić information content (AvgIpc) is 2.20. The van der Waals surface area contributed by atoms with Crippen LogP contribution in [0.25, 0.3) is 0 Å². The van der Waals surface area contributed by atoms with Crippen LogP contribution in [0.15, 0.2) is 0 Å². The van der Waals surface area contributed by atoms with Gasteiger partial charge in [-0.3, -0.25) is 4.90 Å². The van der Waals surface area contributed by atoms with Crippen LogP contribution in [0.1, 0.15) is 41.0 Å². The Morgan fingerprint density at radius 3 is 2.25 bits per heavy atom. The molecule has 0 saturated heterocycles. The van der Waals surface area contributed by atoms with E-state index in [0.717, 1.165) is 19.6 Å². The minimum atomic E-state index is 0.523. The first-order valence-electron chi connectivity index (χ1n) is 6.31. The Hall–Kier alpha value is -0.590. The molecular weight excluding hydrogens is 198 g/mol. The predicted octanol–water partition coefficient (Wildman–Crippen LogP) is 2.24. The predicted molar refractivity (Wildman–Crippen MR) is 69.2 cm³/mol. The summed E-state index contributed by atoms with van der Waals surface area (Å²) in [5.41, 5.74) is 0. The molecule has 0 heterocycles. The third-order valence-corrected chi connectivity index (χ3v) is 2.66. The normalized spacial score (nSPS) is 13.4. The van der Waals surface area contributed by atoms with Gasteiger partial charge in [0.05, 0.1) is 6.07 Å². The van der Waals surface area contributed by atoms with E-state index in [4.69, 9.17) is 5.26 Å². The second-order valence-corrected chi connectivity index (χ2v) is 5.16. The van der Waals surface area contributed by atoms with Crippen LogP contribution in [-0.4, -0.2) is 36.6 Å². The standard InChI is InChI=1S/C13H27N3/c1-11(2)15-9-13(5)10-16(12(3)4)8-6-7-14/h11-13,15H,6,8-10H2,1-5H3. The molecule has 0 aromatic heterocycles. The van der Waals surface area contributed by atoms with Crippen molar-refractivity contribution in [2.75, 3.05) is 19.6 Å². The van der Waals surface area contributed by atoms with E-state index in [1.165, 1.54) is 0 Å². The highest BCUT2D eigenvalue weighted by atomic mass is 15.1. The fourth-order valence-corrected chi connectivity index (χ4v) is 1.66. The van der Waals surface area contributed by atoms with Crippen molar-refractivity contribution >= 4 is 0 Å². The van der Waals surface area contributed by atoms with Gasteiger partial charge in [-0.1, -0.05) is 20.8 Å². The van der Waals surface area contributed by atoms with Crippen molar-refractivity contribution < 1.29 is 0 Å². The second-order valence-electron chi connectivity index (χ2n) is 5.16. The summed E-state index contributed by atoms with van der Waals surface area (Å²) in [7, 11) is 0. The number of nitrogens with zero attached hydrogens (tertiary/aromatic N) is 2. The molecule has 0 aliphatic carbocycles. The van der Waals surface area contributed by atoms with Gasteiger partial charge in [-0.15, -0.1) is 0 Å². The SMILES string of the molecule is CC(CNC(C)C)CN(CCC#N)C(C)C. The smallest absolute Gasteiger partial charge is 0.0635 e. The first-order valence-corrected chi connectivity index (χ1v) is 6.31. The highest BCUT2D eigenvalue weighted by Crippen LogP contribution is 2.05.